The largest absolute Gasteiger partial charge is 0.497 e. The van der Waals surface area contributed by atoms with Crippen LogP contribution in [0.5, 0.6) is 5.75 Å². The van der Waals surface area contributed by atoms with Crippen molar-refractivity contribution >= 4 is 33.3 Å². The lowest BCUT2D eigenvalue weighted by atomic mass is 10.1. The molecule has 0 bridgehead atoms. The van der Waals surface area contributed by atoms with Crippen LogP contribution >= 0.6 is 27.5 Å². The monoisotopic (exact) mass is 369 g/mol. The quantitative estimate of drug-likeness (QED) is 0.578. The number of nitrogens with zero attached hydrogens (tertiary/aromatic N) is 1. The van der Waals surface area contributed by atoms with Crippen LogP contribution in [0.2, 0.25) is 0 Å². The Bertz CT molecular complexity index is 692. The predicted octanol–water partition coefficient (Wildman–Crippen LogP) is 4.68. The van der Waals surface area contributed by atoms with Gasteiger partial charge >= 0.3 is 0 Å². The molecule has 0 fully saturated rings. The minimum absolute atomic E-state index is 0.0602. The number of alkyl halides is 1. The Morgan fingerprint density at radius 1 is 1.33 bits per heavy atom. The molecule has 21 heavy (non-hydrogen) atoms. The number of ether oxygens (including phenoxy) is 1. The lowest BCUT2D eigenvalue weighted by molar-refractivity contribution is 0.0991. The summed E-state index contributed by atoms with van der Waals surface area (Å²) in [5, 5.41) is -0.535. The zero-order valence-corrected chi connectivity index (χ0v) is 14.7. The lowest BCUT2D eigenvalue weighted by Crippen LogP contribution is -2.11. The first-order valence-corrected chi connectivity index (χ1v) is 7.81. The molecule has 0 N–H and O–H groups in total. The third kappa shape index (κ3) is 3.01. The smallest absolute Gasteiger partial charge is 0.182 e. The first kappa shape index (κ1) is 16.1. The highest BCUT2D eigenvalue weighted by Crippen LogP contribution is 2.30. The highest BCUT2D eigenvalue weighted by atomic mass is 79.9. The van der Waals surface area contributed by atoms with Crippen molar-refractivity contribution in [2.75, 3.05) is 7.11 Å². The molecule has 112 valence electrons. The van der Waals surface area contributed by atoms with E-state index in [-0.39, 0.29) is 5.78 Å². The van der Waals surface area contributed by atoms with Gasteiger partial charge in [0.1, 0.15) is 5.75 Å². The minimum atomic E-state index is -0.535. The zero-order chi connectivity index (χ0) is 15.7. The summed E-state index contributed by atoms with van der Waals surface area (Å²) in [5.74, 6) is 0.703. The Morgan fingerprint density at radius 2 is 2.00 bits per heavy atom. The maximum Gasteiger partial charge on any atom is 0.182 e. The first-order chi connectivity index (χ1) is 9.86. The van der Waals surface area contributed by atoms with Crippen molar-refractivity contribution in [3.8, 4) is 11.4 Å². The van der Waals surface area contributed by atoms with Crippen LogP contribution in [0.1, 0.15) is 28.7 Å². The molecule has 3 nitrogen and oxygen atoms in total. The minimum Gasteiger partial charge on any atom is -0.497 e. The van der Waals surface area contributed by atoms with Gasteiger partial charge in [0.05, 0.1) is 18.2 Å². The molecule has 1 aromatic heterocycles. The van der Waals surface area contributed by atoms with Crippen molar-refractivity contribution < 1.29 is 9.53 Å². The topological polar surface area (TPSA) is 31.2 Å². The standard InChI is InChI=1S/C16H17BrClNO2/c1-9-7-13(16(20)10(2)18)11(3)19(9)15-8-12(21-4)5-6-14(15)17/h5-8,10H,1-4H3. The summed E-state index contributed by atoms with van der Waals surface area (Å²) < 4.78 is 8.24. The molecule has 0 aliphatic carbocycles. The predicted molar refractivity (Wildman–Crippen MR) is 89.1 cm³/mol. The fourth-order valence-corrected chi connectivity index (χ4v) is 2.93. The van der Waals surface area contributed by atoms with Crippen molar-refractivity contribution in [3.63, 3.8) is 0 Å². The molecule has 0 spiro atoms. The van der Waals surface area contributed by atoms with E-state index < -0.39 is 5.38 Å². The fraction of sp³-hybridized carbons (Fsp3) is 0.312. The summed E-state index contributed by atoms with van der Waals surface area (Å²) in [6.45, 7) is 5.58. The molecule has 0 aliphatic rings. The molecule has 2 aromatic rings. The number of ketones is 1. The number of aromatic nitrogens is 1. The van der Waals surface area contributed by atoms with Crippen LogP contribution in [0, 0.1) is 13.8 Å². The molecular formula is C16H17BrClNO2. The molecule has 1 aromatic carbocycles. The van der Waals surface area contributed by atoms with Crippen molar-refractivity contribution in [1.82, 2.24) is 4.57 Å². The third-order valence-corrected chi connectivity index (χ3v) is 4.32. The van der Waals surface area contributed by atoms with Gasteiger partial charge in [0.2, 0.25) is 0 Å². The Hall–Kier alpha value is -1.26. The van der Waals surface area contributed by atoms with Crippen LogP contribution in [0.4, 0.5) is 0 Å². The number of halogens is 2. The molecule has 1 unspecified atom stereocenters. The third-order valence-electron chi connectivity index (χ3n) is 3.45. The summed E-state index contributed by atoms with van der Waals surface area (Å²) in [4.78, 5) is 12.2. The number of benzene rings is 1. The Morgan fingerprint density at radius 3 is 2.57 bits per heavy atom. The van der Waals surface area contributed by atoms with Crippen LogP contribution in [-0.2, 0) is 0 Å². The fourth-order valence-electron chi connectivity index (χ4n) is 2.39. The Labute approximate surface area is 138 Å². The second-order valence-electron chi connectivity index (χ2n) is 4.92. The van der Waals surface area contributed by atoms with Gasteiger partial charge in [-0.05, 0) is 54.9 Å². The maximum absolute atomic E-state index is 12.2. The van der Waals surface area contributed by atoms with Crippen LogP contribution in [0.3, 0.4) is 0 Å². The van der Waals surface area contributed by atoms with Gasteiger partial charge in [0.15, 0.2) is 5.78 Å². The summed E-state index contributed by atoms with van der Waals surface area (Å²) in [6.07, 6.45) is 0. The number of hydrogen-bond donors (Lipinski definition) is 0. The van der Waals surface area contributed by atoms with Crippen LogP contribution < -0.4 is 4.74 Å². The van der Waals surface area contributed by atoms with Gasteiger partial charge < -0.3 is 9.30 Å². The number of aryl methyl sites for hydroxylation is 1. The van der Waals surface area contributed by atoms with E-state index in [1.54, 1.807) is 14.0 Å². The van der Waals surface area contributed by atoms with E-state index in [0.29, 0.717) is 5.56 Å². The molecule has 1 heterocycles. The number of methoxy groups -OCH3 is 1. The SMILES string of the molecule is COc1ccc(Br)c(-n2c(C)cc(C(=O)C(C)Cl)c2C)c1. The number of carbonyl (C=O) groups is 1. The van der Waals surface area contributed by atoms with Crippen LogP contribution in [0.15, 0.2) is 28.7 Å². The molecule has 0 radical (unpaired) electrons. The van der Waals surface area contributed by atoms with Gasteiger partial charge in [-0.15, -0.1) is 11.6 Å². The Balaban J connectivity index is 2.63. The van der Waals surface area contributed by atoms with E-state index in [0.717, 1.165) is 27.3 Å². The van der Waals surface area contributed by atoms with Gasteiger partial charge in [-0.3, -0.25) is 4.79 Å². The van der Waals surface area contributed by atoms with E-state index in [9.17, 15) is 4.79 Å². The molecule has 0 aliphatic heterocycles. The molecule has 1 atom stereocenters. The van der Waals surface area contributed by atoms with Crippen molar-refractivity contribution in [3.05, 3.63) is 45.7 Å². The van der Waals surface area contributed by atoms with E-state index in [4.69, 9.17) is 16.3 Å². The summed E-state index contributed by atoms with van der Waals surface area (Å²) in [7, 11) is 1.63. The van der Waals surface area contributed by atoms with E-state index in [1.807, 2.05) is 42.7 Å². The number of hydrogen-bond acceptors (Lipinski definition) is 2. The average molecular weight is 371 g/mol. The molecule has 5 heteroatoms. The van der Waals surface area contributed by atoms with Gasteiger partial charge in [0, 0.05) is 27.5 Å². The maximum atomic E-state index is 12.2. The lowest BCUT2D eigenvalue weighted by Gasteiger charge is -2.13. The number of Topliss-reactive ketones (excluding diaryl/α,β-unsaturated/α-hetero) is 1. The normalized spacial score (nSPS) is 12.3. The molecule has 0 saturated carbocycles. The second-order valence-corrected chi connectivity index (χ2v) is 6.43. The summed E-state index contributed by atoms with van der Waals surface area (Å²) in [6, 6.07) is 7.62. The summed E-state index contributed by atoms with van der Waals surface area (Å²) in [5.41, 5.74) is 3.44. The zero-order valence-electron chi connectivity index (χ0n) is 12.4. The van der Waals surface area contributed by atoms with E-state index >= 15 is 0 Å². The van der Waals surface area contributed by atoms with E-state index in [2.05, 4.69) is 15.9 Å². The average Bonchev–Trinajstić information content (AvgIpc) is 2.74. The summed E-state index contributed by atoms with van der Waals surface area (Å²) >= 11 is 9.49. The second kappa shape index (κ2) is 6.24. The van der Waals surface area contributed by atoms with Crippen molar-refractivity contribution in [1.29, 1.82) is 0 Å². The number of carbonyl (C=O) groups excluding carboxylic acids is 1. The van der Waals surface area contributed by atoms with Crippen LogP contribution in [0.25, 0.3) is 5.69 Å². The van der Waals surface area contributed by atoms with Crippen molar-refractivity contribution in [2.45, 2.75) is 26.1 Å². The molecule has 2 rings (SSSR count). The Kier molecular flexibility index (Phi) is 4.79. The molecule has 0 amide bonds. The highest BCUT2D eigenvalue weighted by Gasteiger charge is 2.21. The molecular weight excluding hydrogens is 354 g/mol. The van der Waals surface area contributed by atoms with Gasteiger partial charge in [-0.25, -0.2) is 0 Å². The highest BCUT2D eigenvalue weighted by molar-refractivity contribution is 9.10. The van der Waals surface area contributed by atoms with Crippen LogP contribution in [-0.4, -0.2) is 22.8 Å². The molecule has 0 saturated heterocycles. The van der Waals surface area contributed by atoms with E-state index in [1.165, 1.54) is 0 Å². The number of rotatable bonds is 4. The van der Waals surface area contributed by atoms with Gasteiger partial charge in [0.25, 0.3) is 0 Å². The first-order valence-electron chi connectivity index (χ1n) is 6.58. The van der Waals surface area contributed by atoms with Gasteiger partial charge in [-0.2, -0.15) is 0 Å². The van der Waals surface area contributed by atoms with Gasteiger partial charge in [-0.1, -0.05) is 0 Å². The van der Waals surface area contributed by atoms with Crippen molar-refractivity contribution in [2.24, 2.45) is 0 Å².